The Morgan fingerprint density at radius 3 is 2.10 bits per heavy atom. The van der Waals surface area contributed by atoms with Gasteiger partial charge in [0.1, 0.15) is 0 Å². The van der Waals surface area contributed by atoms with Crippen molar-refractivity contribution in [2.75, 3.05) is 27.2 Å². The van der Waals surface area contributed by atoms with Crippen LogP contribution in [0, 0.1) is 0 Å². The van der Waals surface area contributed by atoms with Crippen molar-refractivity contribution in [3.63, 3.8) is 0 Å². The van der Waals surface area contributed by atoms with Gasteiger partial charge in [-0.25, -0.2) is 0 Å². The third kappa shape index (κ3) is 4.80. The predicted molar refractivity (Wildman–Crippen MR) is 83.8 cm³/mol. The number of rotatable bonds is 7. The summed E-state index contributed by atoms with van der Waals surface area (Å²) in [6.07, 6.45) is 1.04. The summed E-state index contributed by atoms with van der Waals surface area (Å²) in [5, 5.41) is 0. The minimum Gasteiger partial charge on any atom is -0.372 e. The van der Waals surface area contributed by atoms with E-state index in [1.807, 2.05) is 12.1 Å². The second-order valence-electron chi connectivity index (χ2n) is 5.26. The van der Waals surface area contributed by atoms with Crippen LogP contribution < -0.4 is 0 Å². The first-order valence-corrected chi connectivity index (χ1v) is 7.11. The average molecular weight is 269 g/mol. The van der Waals surface area contributed by atoms with Gasteiger partial charge in [-0.05, 0) is 25.2 Å². The van der Waals surface area contributed by atoms with E-state index in [2.05, 4.69) is 67.5 Å². The van der Waals surface area contributed by atoms with Crippen molar-refractivity contribution in [3.05, 3.63) is 71.8 Å². The summed E-state index contributed by atoms with van der Waals surface area (Å²) in [4.78, 5) is 2.14. The number of hydrogen-bond donors (Lipinski definition) is 0. The standard InChI is InChI=1S/C18H23NO/c1-19(2)13-14-20-18(17-11-7-4-8-12-17)15-16-9-5-3-6-10-16/h3-12,18H,13-15H2,1-2H3. The van der Waals surface area contributed by atoms with Crippen molar-refractivity contribution in [1.29, 1.82) is 0 Å². The molecule has 0 aromatic heterocycles. The molecule has 0 saturated carbocycles. The summed E-state index contributed by atoms with van der Waals surface area (Å²) in [5.74, 6) is 0. The summed E-state index contributed by atoms with van der Waals surface area (Å²) in [5.41, 5.74) is 2.56. The molecule has 0 radical (unpaired) electrons. The highest BCUT2D eigenvalue weighted by molar-refractivity contribution is 5.22. The van der Waals surface area contributed by atoms with Crippen molar-refractivity contribution < 1.29 is 4.74 Å². The highest BCUT2D eigenvalue weighted by Gasteiger charge is 2.12. The second kappa shape index (κ2) is 7.83. The Kier molecular flexibility index (Phi) is 5.78. The molecule has 0 fully saturated rings. The van der Waals surface area contributed by atoms with Crippen LogP contribution in [0.1, 0.15) is 17.2 Å². The zero-order valence-electron chi connectivity index (χ0n) is 12.3. The zero-order valence-corrected chi connectivity index (χ0v) is 12.3. The summed E-state index contributed by atoms with van der Waals surface area (Å²) in [6, 6.07) is 21.0. The van der Waals surface area contributed by atoms with Crippen molar-refractivity contribution in [3.8, 4) is 0 Å². The summed E-state index contributed by atoms with van der Waals surface area (Å²) >= 11 is 0. The lowest BCUT2D eigenvalue weighted by Gasteiger charge is -2.20. The Hall–Kier alpha value is -1.64. The number of ether oxygens (including phenoxy) is 1. The molecule has 1 unspecified atom stereocenters. The first-order chi connectivity index (χ1) is 9.75. The molecule has 0 N–H and O–H groups in total. The van der Waals surface area contributed by atoms with Crippen LogP contribution >= 0.6 is 0 Å². The van der Waals surface area contributed by atoms with Crippen LogP contribution in [0.25, 0.3) is 0 Å². The van der Waals surface area contributed by atoms with E-state index in [4.69, 9.17) is 4.74 Å². The van der Waals surface area contributed by atoms with Crippen molar-refractivity contribution >= 4 is 0 Å². The third-order valence-corrected chi connectivity index (χ3v) is 3.29. The molecule has 0 heterocycles. The van der Waals surface area contributed by atoms with E-state index in [1.165, 1.54) is 11.1 Å². The monoisotopic (exact) mass is 269 g/mol. The van der Waals surface area contributed by atoms with E-state index in [-0.39, 0.29) is 6.10 Å². The molecule has 106 valence electrons. The molecule has 2 heteroatoms. The quantitative estimate of drug-likeness (QED) is 0.762. The lowest BCUT2D eigenvalue weighted by atomic mass is 10.0. The Morgan fingerprint density at radius 1 is 0.900 bits per heavy atom. The Labute approximate surface area is 122 Å². The number of nitrogens with zero attached hydrogens (tertiary/aromatic N) is 1. The van der Waals surface area contributed by atoms with Crippen LogP contribution in [0.5, 0.6) is 0 Å². The molecule has 0 aliphatic heterocycles. The zero-order chi connectivity index (χ0) is 14.2. The molecule has 20 heavy (non-hydrogen) atoms. The van der Waals surface area contributed by atoms with Gasteiger partial charge in [0.2, 0.25) is 0 Å². The van der Waals surface area contributed by atoms with Gasteiger partial charge in [-0.3, -0.25) is 0 Å². The Bertz CT molecular complexity index is 481. The van der Waals surface area contributed by atoms with Gasteiger partial charge in [0.25, 0.3) is 0 Å². The summed E-state index contributed by atoms with van der Waals surface area (Å²) in [6.45, 7) is 1.69. The van der Waals surface area contributed by atoms with Crippen LogP contribution in [0.3, 0.4) is 0 Å². The maximum atomic E-state index is 6.10. The maximum Gasteiger partial charge on any atom is 0.0865 e. The summed E-state index contributed by atoms with van der Waals surface area (Å²) in [7, 11) is 4.14. The molecular formula is C18H23NO. The molecule has 0 bridgehead atoms. The molecule has 0 spiro atoms. The van der Waals surface area contributed by atoms with Gasteiger partial charge in [-0.2, -0.15) is 0 Å². The van der Waals surface area contributed by atoms with Gasteiger partial charge < -0.3 is 9.64 Å². The molecule has 0 amide bonds. The minimum absolute atomic E-state index is 0.124. The molecule has 0 aliphatic carbocycles. The van der Waals surface area contributed by atoms with Crippen LogP contribution in [-0.4, -0.2) is 32.1 Å². The van der Waals surface area contributed by atoms with Crippen molar-refractivity contribution in [2.45, 2.75) is 12.5 Å². The van der Waals surface area contributed by atoms with E-state index in [0.717, 1.165) is 19.6 Å². The van der Waals surface area contributed by atoms with Crippen LogP contribution in [0.2, 0.25) is 0 Å². The molecular weight excluding hydrogens is 246 g/mol. The molecule has 0 aliphatic rings. The van der Waals surface area contributed by atoms with E-state index < -0.39 is 0 Å². The summed E-state index contributed by atoms with van der Waals surface area (Å²) < 4.78 is 6.10. The normalized spacial score (nSPS) is 12.6. The molecule has 1 atom stereocenters. The number of hydrogen-bond acceptors (Lipinski definition) is 2. The van der Waals surface area contributed by atoms with Gasteiger partial charge in [-0.15, -0.1) is 0 Å². The average Bonchev–Trinajstić information content (AvgIpc) is 2.48. The molecule has 2 aromatic carbocycles. The lowest BCUT2D eigenvalue weighted by molar-refractivity contribution is 0.0436. The molecule has 0 saturated heterocycles. The lowest BCUT2D eigenvalue weighted by Crippen LogP contribution is -2.20. The topological polar surface area (TPSA) is 12.5 Å². The Morgan fingerprint density at radius 2 is 1.50 bits per heavy atom. The van der Waals surface area contributed by atoms with Gasteiger partial charge in [-0.1, -0.05) is 60.7 Å². The molecule has 2 aromatic rings. The number of likely N-dealkylation sites (N-methyl/N-ethyl adjacent to an activating group) is 1. The largest absolute Gasteiger partial charge is 0.372 e. The predicted octanol–water partition coefficient (Wildman–Crippen LogP) is 3.55. The van der Waals surface area contributed by atoms with Crippen molar-refractivity contribution in [2.24, 2.45) is 0 Å². The van der Waals surface area contributed by atoms with E-state index in [9.17, 15) is 0 Å². The van der Waals surface area contributed by atoms with Crippen LogP contribution in [-0.2, 0) is 11.2 Å². The van der Waals surface area contributed by atoms with Gasteiger partial charge in [0, 0.05) is 13.0 Å². The first-order valence-electron chi connectivity index (χ1n) is 7.11. The first kappa shape index (κ1) is 14.8. The number of benzene rings is 2. The van der Waals surface area contributed by atoms with E-state index in [0.29, 0.717) is 0 Å². The molecule has 2 nitrogen and oxygen atoms in total. The molecule has 2 rings (SSSR count). The SMILES string of the molecule is CN(C)CCOC(Cc1ccccc1)c1ccccc1. The van der Waals surface area contributed by atoms with Crippen LogP contribution in [0.4, 0.5) is 0 Å². The minimum atomic E-state index is 0.124. The smallest absolute Gasteiger partial charge is 0.0865 e. The van der Waals surface area contributed by atoms with Gasteiger partial charge in [0.05, 0.1) is 12.7 Å². The van der Waals surface area contributed by atoms with E-state index >= 15 is 0 Å². The van der Waals surface area contributed by atoms with Gasteiger partial charge >= 0.3 is 0 Å². The van der Waals surface area contributed by atoms with Crippen molar-refractivity contribution in [1.82, 2.24) is 4.90 Å². The Balaban J connectivity index is 2.04. The fourth-order valence-corrected chi connectivity index (χ4v) is 2.15. The highest BCUT2D eigenvalue weighted by Crippen LogP contribution is 2.22. The fraction of sp³-hybridized carbons (Fsp3) is 0.333. The third-order valence-electron chi connectivity index (χ3n) is 3.29. The maximum absolute atomic E-state index is 6.10. The fourth-order valence-electron chi connectivity index (χ4n) is 2.15. The van der Waals surface area contributed by atoms with Crippen LogP contribution in [0.15, 0.2) is 60.7 Å². The van der Waals surface area contributed by atoms with E-state index in [1.54, 1.807) is 0 Å². The second-order valence-corrected chi connectivity index (χ2v) is 5.26. The van der Waals surface area contributed by atoms with Gasteiger partial charge in [0.15, 0.2) is 0 Å². The highest BCUT2D eigenvalue weighted by atomic mass is 16.5.